The van der Waals surface area contributed by atoms with Crippen molar-refractivity contribution in [1.82, 2.24) is 0 Å². The molecule has 0 amide bonds. The largest absolute Gasteiger partial charge is 0.471 e. The van der Waals surface area contributed by atoms with Crippen LogP contribution in [0.4, 0.5) is 0 Å². The van der Waals surface area contributed by atoms with Crippen molar-refractivity contribution in [3.63, 3.8) is 0 Å². The lowest BCUT2D eigenvalue weighted by Crippen LogP contribution is -2.48. The molecule has 0 saturated carbocycles. The third-order valence-corrected chi connectivity index (χ3v) is 4.55. The van der Waals surface area contributed by atoms with Gasteiger partial charge in [0.1, 0.15) is 0 Å². The highest BCUT2D eigenvalue weighted by Gasteiger charge is 2.42. The first-order chi connectivity index (χ1) is 11.4. The molecule has 0 aromatic heterocycles. The molecule has 0 saturated heterocycles. The van der Waals surface area contributed by atoms with Gasteiger partial charge in [0, 0.05) is 5.56 Å². The summed E-state index contributed by atoms with van der Waals surface area (Å²) < 4.78 is 16.6. The van der Waals surface area contributed by atoms with Gasteiger partial charge in [-0.25, -0.2) is 4.57 Å². The van der Waals surface area contributed by atoms with Crippen LogP contribution in [-0.2, 0) is 14.8 Å². The molecule has 2 unspecified atom stereocenters. The van der Waals surface area contributed by atoms with Gasteiger partial charge in [-0.15, -0.1) is 0 Å². The summed E-state index contributed by atoms with van der Waals surface area (Å²) in [5, 5.41) is 0. The maximum absolute atomic E-state index is 11.6. The molecule has 6 N–H and O–H groups in total. The standard InChI is InChI=1S/C18H25N2O4P/c1-11-5-12(2)8-15(7-11)17(19)18(20,24-25(21,22)23)16-9-13(3)6-14(4)10-16/h5-10,17H,19-20H2,1-4H3,(H2,21,22,23). The quantitative estimate of drug-likeness (QED) is 0.478. The summed E-state index contributed by atoms with van der Waals surface area (Å²) >= 11 is 0. The Kier molecular flexibility index (Phi) is 5.54. The van der Waals surface area contributed by atoms with Gasteiger partial charge in [0.25, 0.3) is 0 Å². The highest BCUT2D eigenvalue weighted by atomic mass is 31.2. The molecule has 0 aliphatic carbocycles. The molecule has 136 valence electrons. The van der Waals surface area contributed by atoms with E-state index in [1.807, 2.05) is 52.0 Å². The molecular formula is C18H25N2O4P. The van der Waals surface area contributed by atoms with Crippen molar-refractivity contribution >= 4 is 7.82 Å². The molecule has 7 heteroatoms. The van der Waals surface area contributed by atoms with E-state index in [2.05, 4.69) is 0 Å². The molecule has 0 heterocycles. The Balaban J connectivity index is 2.63. The number of nitrogens with two attached hydrogens (primary N) is 2. The minimum Gasteiger partial charge on any atom is -0.320 e. The van der Waals surface area contributed by atoms with Crippen LogP contribution in [0.25, 0.3) is 0 Å². The van der Waals surface area contributed by atoms with Crippen molar-refractivity contribution in [3.05, 3.63) is 69.8 Å². The zero-order valence-electron chi connectivity index (χ0n) is 14.9. The van der Waals surface area contributed by atoms with Crippen LogP contribution < -0.4 is 11.5 Å². The smallest absolute Gasteiger partial charge is 0.320 e. The van der Waals surface area contributed by atoms with Gasteiger partial charge in [-0.1, -0.05) is 58.7 Å². The maximum atomic E-state index is 11.6. The van der Waals surface area contributed by atoms with E-state index in [4.69, 9.17) is 16.0 Å². The van der Waals surface area contributed by atoms with E-state index in [1.54, 1.807) is 12.1 Å². The number of phosphoric ester groups is 1. The summed E-state index contributed by atoms with van der Waals surface area (Å²) in [6.07, 6.45) is 0. The summed E-state index contributed by atoms with van der Waals surface area (Å²) in [6.45, 7) is 7.58. The Morgan fingerprint density at radius 3 is 1.72 bits per heavy atom. The molecular weight excluding hydrogens is 339 g/mol. The third kappa shape index (κ3) is 4.76. The molecule has 2 rings (SSSR count). The lowest BCUT2D eigenvalue weighted by atomic mass is 9.88. The fraction of sp³-hybridized carbons (Fsp3) is 0.333. The van der Waals surface area contributed by atoms with Gasteiger partial charge in [0.2, 0.25) is 0 Å². The number of phosphoric acid groups is 1. The number of aryl methyl sites for hydroxylation is 4. The number of rotatable bonds is 5. The zero-order valence-corrected chi connectivity index (χ0v) is 15.7. The van der Waals surface area contributed by atoms with Crippen molar-refractivity contribution in [2.45, 2.75) is 39.5 Å². The second-order valence-corrected chi connectivity index (χ2v) is 7.81. The summed E-state index contributed by atoms with van der Waals surface area (Å²) in [5.74, 6) is 0. The van der Waals surface area contributed by atoms with Crippen molar-refractivity contribution < 1.29 is 18.9 Å². The van der Waals surface area contributed by atoms with Crippen LogP contribution in [0.15, 0.2) is 36.4 Å². The molecule has 25 heavy (non-hydrogen) atoms. The molecule has 0 radical (unpaired) electrons. The highest BCUT2D eigenvalue weighted by Crippen LogP contribution is 2.47. The summed E-state index contributed by atoms with van der Waals surface area (Å²) in [6, 6.07) is 10.1. The van der Waals surface area contributed by atoms with Gasteiger partial charge in [-0.3, -0.25) is 10.3 Å². The van der Waals surface area contributed by atoms with Crippen LogP contribution >= 0.6 is 7.82 Å². The van der Waals surface area contributed by atoms with E-state index in [1.165, 1.54) is 0 Å². The Bertz CT molecular complexity index is 793. The molecule has 2 atom stereocenters. The second-order valence-electron chi connectivity index (χ2n) is 6.65. The lowest BCUT2D eigenvalue weighted by molar-refractivity contribution is 0.0118. The highest BCUT2D eigenvalue weighted by molar-refractivity contribution is 7.46. The maximum Gasteiger partial charge on any atom is 0.471 e. The Hall–Kier alpha value is -1.53. The first-order valence-electron chi connectivity index (χ1n) is 7.88. The zero-order chi connectivity index (χ0) is 19.0. The summed E-state index contributed by atoms with van der Waals surface area (Å²) in [7, 11) is -4.89. The van der Waals surface area contributed by atoms with E-state index < -0.39 is 19.6 Å². The fourth-order valence-corrected chi connectivity index (χ4v) is 3.74. The van der Waals surface area contributed by atoms with Gasteiger partial charge in [0.15, 0.2) is 5.72 Å². The molecule has 2 aromatic carbocycles. The van der Waals surface area contributed by atoms with Crippen molar-refractivity contribution in [2.75, 3.05) is 0 Å². The molecule has 0 fully saturated rings. The molecule has 6 nitrogen and oxygen atoms in total. The molecule has 0 bridgehead atoms. The van der Waals surface area contributed by atoms with E-state index in [-0.39, 0.29) is 0 Å². The molecule has 2 aromatic rings. The predicted octanol–water partition coefficient (Wildman–Crippen LogP) is 2.84. The van der Waals surface area contributed by atoms with E-state index in [0.29, 0.717) is 11.1 Å². The lowest BCUT2D eigenvalue weighted by Gasteiger charge is -2.36. The number of benzene rings is 2. The van der Waals surface area contributed by atoms with Crippen LogP contribution in [0, 0.1) is 27.7 Å². The van der Waals surface area contributed by atoms with Crippen LogP contribution in [-0.4, -0.2) is 9.79 Å². The molecule has 0 aliphatic rings. The molecule has 0 aliphatic heterocycles. The molecule has 0 spiro atoms. The summed E-state index contributed by atoms with van der Waals surface area (Å²) in [5.41, 5.74) is 15.7. The van der Waals surface area contributed by atoms with Gasteiger partial charge in [0.05, 0.1) is 6.04 Å². The van der Waals surface area contributed by atoms with Gasteiger partial charge >= 0.3 is 7.82 Å². The van der Waals surface area contributed by atoms with Crippen LogP contribution in [0.3, 0.4) is 0 Å². The number of hydrogen-bond acceptors (Lipinski definition) is 4. The Morgan fingerprint density at radius 2 is 1.32 bits per heavy atom. The number of hydrogen-bond donors (Lipinski definition) is 4. The second kappa shape index (κ2) is 7.00. The predicted molar refractivity (Wildman–Crippen MR) is 97.8 cm³/mol. The normalized spacial score (nSPS) is 15.7. The van der Waals surface area contributed by atoms with E-state index >= 15 is 0 Å². The van der Waals surface area contributed by atoms with Gasteiger partial charge in [-0.05, 0) is 33.3 Å². The monoisotopic (exact) mass is 364 g/mol. The first-order valence-corrected chi connectivity index (χ1v) is 9.41. The fourth-order valence-electron chi connectivity index (χ4n) is 3.12. The third-order valence-electron chi connectivity index (χ3n) is 4.01. The first kappa shape index (κ1) is 19.8. The van der Waals surface area contributed by atoms with E-state index in [9.17, 15) is 14.4 Å². The summed E-state index contributed by atoms with van der Waals surface area (Å²) in [4.78, 5) is 18.8. The van der Waals surface area contributed by atoms with Crippen LogP contribution in [0.1, 0.15) is 39.4 Å². The van der Waals surface area contributed by atoms with E-state index in [0.717, 1.165) is 22.3 Å². The van der Waals surface area contributed by atoms with Crippen LogP contribution in [0.2, 0.25) is 0 Å². The van der Waals surface area contributed by atoms with Crippen molar-refractivity contribution in [2.24, 2.45) is 11.5 Å². The minimum atomic E-state index is -4.89. The SMILES string of the molecule is Cc1cc(C)cc(C(N)C(N)(OP(=O)(O)O)c2cc(C)cc(C)c2)c1. The Morgan fingerprint density at radius 1 is 0.920 bits per heavy atom. The van der Waals surface area contributed by atoms with Gasteiger partial charge in [-0.2, -0.15) is 0 Å². The minimum absolute atomic E-state index is 0.417. The van der Waals surface area contributed by atoms with Crippen LogP contribution in [0.5, 0.6) is 0 Å². The average molecular weight is 364 g/mol. The van der Waals surface area contributed by atoms with Crippen molar-refractivity contribution in [1.29, 1.82) is 0 Å². The van der Waals surface area contributed by atoms with Gasteiger partial charge < -0.3 is 15.5 Å². The Labute approximate surface area is 148 Å². The van der Waals surface area contributed by atoms with Crippen molar-refractivity contribution in [3.8, 4) is 0 Å². The average Bonchev–Trinajstić information content (AvgIpc) is 2.42. The topological polar surface area (TPSA) is 119 Å².